The summed E-state index contributed by atoms with van der Waals surface area (Å²) in [5.41, 5.74) is 8.61. The van der Waals surface area contributed by atoms with Crippen molar-refractivity contribution in [3.8, 4) is 0 Å². The molecule has 1 unspecified atom stereocenters. The molecule has 3 N–H and O–H groups in total. The van der Waals surface area contributed by atoms with E-state index in [1.807, 2.05) is 19.1 Å². The van der Waals surface area contributed by atoms with Crippen molar-refractivity contribution in [3.05, 3.63) is 45.7 Å². The molecule has 1 aromatic heterocycles. The first-order chi connectivity index (χ1) is 8.15. The van der Waals surface area contributed by atoms with E-state index in [1.54, 1.807) is 0 Å². The molecule has 2 rings (SSSR count). The van der Waals surface area contributed by atoms with E-state index in [0.717, 1.165) is 22.9 Å². The standard InChI is InChI=1S/C14H18N2O/c1-3-10(8-15)11-4-5-13-12(7-11)6-9(2)14(17)16-13/h4-7,10H,3,8,15H2,1-2H3,(H,16,17). The minimum Gasteiger partial charge on any atom is -0.330 e. The Kier molecular flexibility index (Phi) is 3.29. The number of fused-ring (bicyclic) bond motifs is 1. The second-order valence-corrected chi connectivity index (χ2v) is 4.47. The average molecular weight is 230 g/mol. The first kappa shape index (κ1) is 11.9. The van der Waals surface area contributed by atoms with Gasteiger partial charge in [0.25, 0.3) is 5.56 Å². The molecule has 0 fully saturated rings. The maximum atomic E-state index is 11.5. The molecule has 0 spiro atoms. The van der Waals surface area contributed by atoms with Crippen molar-refractivity contribution in [1.82, 2.24) is 4.98 Å². The molecule has 17 heavy (non-hydrogen) atoms. The lowest BCUT2D eigenvalue weighted by molar-refractivity contribution is 0.675. The minimum absolute atomic E-state index is 0.0175. The molecule has 0 radical (unpaired) electrons. The lowest BCUT2D eigenvalue weighted by Crippen LogP contribution is -2.12. The van der Waals surface area contributed by atoms with Gasteiger partial charge in [-0.15, -0.1) is 0 Å². The number of nitrogens with one attached hydrogen (secondary N) is 1. The molecule has 0 aliphatic heterocycles. The summed E-state index contributed by atoms with van der Waals surface area (Å²) >= 11 is 0. The summed E-state index contributed by atoms with van der Waals surface area (Å²) in [4.78, 5) is 14.4. The topological polar surface area (TPSA) is 58.9 Å². The quantitative estimate of drug-likeness (QED) is 0.850. The van der Waals surface area contributed by atoms with Crippen LogP contribution in [0.2, 0.25) is 0 Å². The van der Waals surface area contributed by atoms with Crippen LogP contribution in [0.3, 0.4) is 0 Å². The molecule has 2 aromatic rings. The summed E-state index contributed by atoms with van der Waals surface area (Å²) in [5, 5.41) is 1.08. The highest BCUT2D eigenvalue weighted by Gasteiger charge is 2.08. The Labute approximate surface area is 101 Å². The van der Waals surface area contributed by atoms with Gasteiger partial charge in [-0.2, -0.15) is 0 Å². The first-order valence-electron chi connectivity index (χ1n) is 5.99. The van der Waals surface area contributed by atoms with Crippen LogP contribution in [-0.4, -0.2) is 11.5 Å². The van der Waals surface area contributed by atoms with Gasteiger partial charge in [0.15, 0.2) is 0 Å². The monoisotopic (exact) mass is 230 g/mol. The number of aromatic nitrogens is 1. The van der Waals surface area contributed by atoms with Gasteiger partial charge in [-0.1, -0.05) is 13.0 Å². The largest absolute Gasteiger partial charge is 0.330 e. The van der Waals surface area contributed by atoms with Crippen LogP contribution < -0.4 is 11.3 Å². The fraction of sp³-hybridized carbons (Fsp3) is 0.357. The molecule has 90 valence electrons. The van der Waals surface area contributed by atoms with Crippen molar-refractivity contribution in [3.63, 3.8) is 0 Å². The third kappa shape index (κ3) is 2.24. The molecule has 3 nitrogen and oxygen atoms in total. The molecule has 0 saturated heterocycles. The van der Waals surface area contributed by atoms with Crippen LogP contribution in [0.15, 0.2) is 29.1 Å². The molecule has 1 aromatic carbocycles. The lowest BCUT2D eigenvalue weighted by atomic mass is 9.95. The van der Waals surface area contributed by atoms with E-state index in [-0.39, 0.29) is 5.56 Å². The number of hydrogen-bond donors (Lipinski definition) is 2. The zero-order valence-electron chi connectivity index (χ0n) is 10.3. The molecule has 0 aliphatic carbocycles. The normalized spacial score (nSPS) is 12.9. The van der Waals surface area contributed by atoms with Crippen molar-refractivity contribution in [2.75, 3.05) is 6.54 Å². The number of nitrogens with two attached hydrogens (primary N) is 1. The summed E-state index contributed by atoms with van der Waals surface area (Å²) < 4.78 is 0. The summed E-state index contributed by atoms with van der Waals surface area (Å²) in [6, 6.07) is 8.07. The highest BCUT2D eigenvalue weighted by Crippen LogP contribution is 2.22. The summed E-state index contributed by atoms with van der Waals surface area (Å²) in [7, 11) is 0. The van der Waals surface area contributed by atoms with E-state index in [4.69, 9.17) is 5.73 Å². The van der Waals surface area contributed by atoms with Crippen molar-refractivity contribution in [1.29, 1.82) is 0 Å². The predicted molar refractivity (Wildman–Crippen MR) is 71.4 cm³/mol. The Hall–Kier alpha value is -1.61. The van der Waals surface area contributed by atoms with Gasteiger partial charge in [-0.3, -0.25) is 4.79 Å². The lowest BCUT2D eigenvalue weighted by Gasteiger charge is -2.13. The number of aromatic amines is 1. The molecular formula is C14H18N2O. The van der Waals surface area contributed by atoms with E-state index >= 15 is 0 Å². The van der Waals surface area contributed by atoms with Crippen molar-refractivity contribution < 1.29 is 0 Å². The van der Waals surface area contributed by atoms with Gasteiger partial charge in [0.2, 0.25) is 0 Å². The summed E-state index contributed by atoms with van der Waals surface area (Å²) in [6.07, 6.45) is 1.03. The first-order valence-corrected chi connectivity index (χ1v) is 5.99. The predicted octanol–water partition coefficient (Wildman–Crippen LogP) is 2.29. The van der Waals surface area contributed by atoms with E-state index in [2.05, 4.69) is 24.0 Å². The Morgan fingerprint density at radius 2 is 2.12 bits per heavy atom. The number of aryl methyl sites for hydroxylation is 1. The molecular weight excluding hydrogens is 212 g/mol. The maximum Gasteiger partial charge on any atom is 0.251 e. The zero-order valence-corrected chi connectivity index (χ0v) is 10.3. The van der Waals surface area contributed by atoms with Crippen LogP contribution in [0.4, 0.5) is 0 Å². The third-order valence-electron chi connectivity index (χ3n) is 3.30. The maximum absolute atomic E-state index is 11.5. The average Bonchev–Trinajstić information content (AvgIpc) is 2.32. The number of H-pyrrole nitrogens is 1. The molecule has 1 atom stereocenters. The molecule has 3 heteroatoms. The Bertz CT molecular complexity index is 582. The van der Waals surface area contributed by atoms with Crippen molar-refractivity contribution in [2.24, 2.45) is 5.73 Å². The molecule has 0 saturated carbocycles. The smallest absolute Gasteiger partial charge is 0.251 e. The van der Waals surface area contributed by atoms with Gasteiger partial charge in [0.1, 0.15) is 0 Å². The highest BCUT2D eigenvalue weighted by molar-refractivity contribution is 5.79. The number of benzene rings is 1. The zero-order chi connectivity index (χ0) is 12.4. The Balaban J connectivity index is 2.57. The Morgan fingerprint density at radius 1 is 1.35 bits per heavy atom. The van der Waals surface area contributed by atoms with Gasteiger partial charge in [-0.25, -0.2) is 0 Å². The van der Waals surface area contributed by atoms with Crippen LogP contribution in [0, 0.1) is 6.92 Å². The van der Waals surface area contributed by atoms with Crippen LogP contribution in [0.5, 0.6) is 0 Å². The molecule has 0 amide bonds. The second-order valence-electron chi connectivity index (χ2n) is 4.47. The van der Waals surface area contributed by atoms with Gasteiger partial charge < -0.3 is 10.7 Å². The van der Waals surface area contributed by atoms with Crippen LogP contribution >= 0.6 is 0 Å². The van der Waals surface area contributed by atoms with E-state index < -0.39 is 0 Å². The van der Waals surface area contributed by atoms with Crippen molar-refractivity contribution >= 4 is 10.9 Å². The highest BCUT2D eigenvalue weighted by atomic mass is 16.1. The molecule has 1 heterocycles. The van der Waals surface area contributed by atoms with E-state index in [0.29, 0.717) is 12.5 Å². The SMILES string of the molecule is CCC(CN)c1ccc2[nH]c(=O)c(C)cc2c1. The van der Waals surface area contributed by atoms with E-state index in [1.165, 1.54) is 5.56 Å². The second kappa shape index (κ2) is 4.72. The summed E-state index contributed by atoms with van der Waals surface area (Å²) in [5.74, 6) is 0.395. The van der Waals surface area contributed by atoms with E-state index in [9.17, 15) is 4.79 Å². The van der Waals surface area contributed by atoms with Crippen LogP contribution in [0.1, 0.15) is 30.4 Å². The van der Waals surface area contributed by atoms with Gasteiger partial charge in [0, 0.05) is 11.1 Å². The van der Waals surface area contributed by atoms with Gasteiger partial charge in [0.05, 0.1) is 0 Å². The fourth-order valence-corrected chi connectivity index (χ4v) is 2.13. The summed E-state index contributed by atoms with van der Waals surface area (Å²) in [6.45, 7) is 4.62. The number of rotatable bonds is 3. The molecule has 0 aliphatic rings. The third-order valence-corrected chi connectivity index (χ3v) is 3.30. The van der Waals surface area contributed by atoms with Crippen LogP contribution in [-0.2, 0) is 0 Å². The Morgan fingerprint density at radius 3 is 2.76 bits per heavy atom. The molecule has 0 bridgehead atoms. The fourth-order valence-electron chi connectivity index (χ4n) is 2.13. The number of pyridine rings is 1. The number of hydrogen-bond acceptors (Lipinski definition) is 2. The van der Waals surface area contributed by atoms with Crippen molar-refractivity contribution in [2.45, 2.75) is 26.2 Å². The minimum atomic E-state index is -0.0175. The van der Waals surface area contributed by atoms with Crippen LogP contribution in [0.25, 0.3) is 10.9 Å². The van der Waals surface area contributed by atoms with Gasteiger partial charge in [-0.05, 0) is 55.0 Å². The van der Waals surface area contributed by atoms with Gasteiger partial charge >= 0.3 is 0 Å².